The van der Waals surface area contributed by atoms with Gasteiger partial charge in [0.05, 0.1) is 15.7 Å². The molecule has 0 atom stereocenters. The first-order valence-corrected chi connectivity index (χ1v) is 12.5. The smallest absolute Gasteiger partial charge is 0.268 e. The summed E-state index contributed by atoms with van der Waals surface area (Å²) in [4.78, 5) is 38.8. The third kappa shape index (κ3) is 5.27. The van der Waals surface area contributed by atoms with Crippen molar-refractivity contribution in [1.29, 1.82) is 0 Å². The molecule has 5 rings (SSSR count). The maximum atomic E-state index is 13.1. The molecule has 1 saturated heterocycles. The van der Waals surface area contributed by atoms with E-state index >= 15 is 0 Å². The predicted octanol–water partition coefficient (Wildman–Crippen LogP) is 3.55. The van der Waals surface area contributed by atoms with Crippen molar-refractivity contribution < 1.29 is 19.4 Å². The normalized spacial score (nSPS) is 15.6. The molecule has 37 heavy (non-hydrogen) atoms. The monoisotopic (exact) mass is 542 g/mol. The highest BCUT2D eigenvalue weighted by Crippen LogP contribution is 2.37. The Hall–Kier alpha value is -3.60. The van der Waals surface area contributed by atoms with Crippen LogP contribution < -0.4 is 19.9 Å². The Morgan fingerprint density at radius 2 is 1.81 bits per heavy atom. The van der Waals surface area contributed by atoms with E-state index in [2.05, 4.69) is 20.2 Å². The molecule has 2 aromatic carbocycles. The van der Waals surface area contributed by atoms with E-state index < -0.39 is 6.61 Å². The van der Waals surface area contributed by atoms with Crippen LogP contribution in [0.4, 0.5) is 23.0 Å². The van der Waals surface area contributed by atoms with E-state index in [1.807, 2.05) is 24.3 Å². The van der Waals surface area contributed by atoms with Gasteiger partial charge in [0.1, 0.15) is 12.2 Å². The van der Waals surface area contributed by atoms with E-state index in [-0.39, 0.29) is 35.9 Å². The van der Waals surface area contributed by atoms with E-state index in [1.165, 1.54) is 11.1 Å². The molecule has 10 nitrogen and oxygen atoms in total. The summed E-state index contributed by atoms with van der Waals surface area (Å²) < 4.78 is 5.74. The molecule has 3 aromatic rings. The first-order valence-electron chi connectivity index (χ1n) is 11.7. The Bertz CT molecular complexity index is 1300. The van der Waals surface area contributed by atoms with Gasteiger partial charge in [-0.25, -0.2) is 4.98 Å². The molecular weight excluding hydrogens is 519 g/mol. The number of aliphatic hydroxyl groups is 1. The maximum Gasteiger partial charge on any atom is 0.268 e. The molecule has 1 fully saturated rings. The quantitative estimate of drug-likeness (QED) is 0.503. The van der Waals surface area contributed by atoms with Crippen LogP contribution in [0.3, 0.4) is 0 Å². The summed E-state index contributed by atoms with van der Waals surface area (Å²) in [5.74, 6) is -0.136. The third-order valence-corrected chi connectivity index (χ3v) is 6.85. The number of amides is 2. The van der Waals surface area contributed by atoms with Crippen molar-refractivity contribution in [3.63, 3.8) is 0 Å². The predicted molar refractivity (Wildman–Crippen MR) is 141 cm³/mol. The van der Waals surface area contributed by atoms with Gasteiger partial charge in [0.2, 0.25) is 17.7 Å². The van der Waals surface area contributed by atoms with Crippen molar-refractivity contribution in [3.8, 4) is 5.88 Å². The number of carbonyl (C=O) groups is 2. The summed E-state index contributed by atoms with van der Waals surface area (Å²) in [6.07, 6.45) is 2.24. The number of hydrogen-bond donors (Lipinski definition) is 2. The molecule has 0 radical (unpaired) electrons. The largest absolute Gasteiger partial charge is 0.455 e. The second kappa shape index (κ2) is 10.8. The molecule has 2 amide bonds. The molecule has 0 saturated carbocycles. The van der Waals surface area contributed by atoms with E-state index in [0.29, 0.717) is 35.4 Å². The number of nitrogens with one attached hydrogen (secondary N) is 1. The summed E-state index contributed by atoms with van der Waals surface area (Å²) in [6.45, 7) is 2.17. The van der Waals surface area contributed by atoms with Crippen molar-refractivity contribution in [3.05, 3.63) is 64.3 Å². The van der Waals surface area contributed by atoms with Crippen LogP contribution in [0.15, 0.2) is 48.7 Å². The SMILES string of the molecule is O=C(CO)N1CCCN(c2ccc(Nc3ncc4c(n3)OCN(c3c(Cl)cccc3Cl)C4=O)cc2)CC1. The van der Waals surface area contributed by atoms with Crippen LogP contribution in [0.5, 0.6) is 5.88 Å². The number of aromatic nitrogens is 2. The fourth-order valence-electron chi connectivity index (χ4n) is 4.34. The van der Waals surface area contributed by atoms with Gasteiger partial charge in [0, 0.05) is 43.8 Å². The standard InChI is InChI=1S/C25H24Cl2N6O4/c26-19-3-1-4-20(27)22(19)33-15-37-23-18(24(33)36)13-28-25(30-23)29-16-5-7-17(8-6-16)31-9-2-10-32(12-11-31)21(35)14-34/h1,3-8,13,34H,2,9-12,14-15H2,(H,28,29,30). The Labute approximate surface area is 223 Å². The Kier molecular flexibility index (Phi) is 7.31. The molecule has 0 aliphatic carbocycles. The second-order valence-corrected chi connectivity index (χ2v) is 9.36. The number of benzene rings is 2. The highest BCUT2D eigenvalue weighted by Gasteiger charge is 2.31. The number of hydrogen-bond acceptors (Lipinski definition) is 8. The zero-order valence-corrected chi connectivity index (χ0v) is 21.2. The van der Waals surface area contributed by atoms with E-state index in [4.69, 9.17) is 33.0 Å². The molecule has 2 aliphatic rings. The lowest BCUT2D eigenvalue weighted by atomic mass is 10.2. The van der Waals surface area contributed by atoms with Gasteiger partial charge in [0.15, 0.2) is 6.73 Å². The lowest BCUT2D eigenvalue weighted by Crippen LogP contribution is -2.39. The third-order valence-electron chi connectivity index (χ3n) is 6.24. The minimum Gasteiger partial charge on any atom is -0.455 e. The number of rotatable bonds is 5. The zero-order valence-electron chi connectivity index (χ0n) is 19.7. The molecule has 1 aromatic heterocycles. The molecule has 2 aliphatic heterocycles. The molecule has 0 spiro atoms. The number of halogens is 2. The Morgan fingerprint density at radius 3 is 2.54 bits per heavy atom. The maximum absolute atomic E-state index is 13.1. The van der Waals surface area contributed by atoms with Gasteiger partial charge < -0.3 is 25.0 Å². The van der Waals surface area contributed by atoms with Crippen LogP contribution in [0, 0.1) is 0 Å². The number of nitrogens with zero attached hydrogens (tertiary/aromatic N) is 5. The van der Waals surface area contributed by atoms with Crippen molar-refractivity contribution >= 4 is 58.0 Å². The zero-order chi connectivity index (χ0) is 25.9. The van der Waals surface area contributed by atoms with Crippen molar-refractivity contribution in [2.75, 3.05) is 54.6 Å². The minimum absolute atomic E-state index is 0.0857. The number of carbonyl (C=O) groups excluding carboxylic acids is 2. The topological polar surface area (TPSA) is 111 Å². The van der Waals surface area contributed by atoms with Gasteiger partial charge in [-0.15, -0.1) is 0 Å². The molecule has 12 heteroatoms. The Morgan fingerprint density at radius 1 is 1.05 bits per heavy atom. The molecule has 192 valence electrons. The van der Waals surface area contributed by atoms with Gasteiger partial charge in [0.25, 0.3) is 5.91 Å². The summed E-state index contributed by atoms with van der Waals surface area (Å²) in [6, 6.07) is 12.8. The first kappa shape index (κ1) is 25.1. The van der Waals surface area contributed by atoms with Crippen molar-refractivity contribution in [2.45, 2.75) is 6.42 Å². The van der Waals surface area contributed by atoms with E-state index in [0.717, 1.165) is 24.3 Å². The number of ether oxygens (including phenoxy) is 1. The van der Waals surface area contributed by atoms with Gasteiger partial charge in [-0.1, -0.05) is 29.3 Å². The average Bonchev–Trinajstić information content (AvgIpc) is 3.16. The number of aliphatic hydroxyl groups excluding tert-OH is 1. The molecule has 3 heterocycles. The molecular formula is C25H24Cl2N6O4. The lowest BCUT2D eigenvalue weighted by Gasteiger charge is -2.29. The fourth-order valence-corrected chi connectivity index (χ4v) is 4.94. The number of anilines is 4. The highest BCUT2D eigenvalue weighted by atomic mass is 35.5. The van der Waals surface area contributed by atoms with Gasteiger partial charge in [-0.3, -0.25) is 14.5 Å². The lowest BCUT2D eigenvalue weighted by molar-refractivity contribution is -0.133. The second-order valence-electron chi connectivity index (χ2n) is 8.54. The summed E-state index contributed by atoms with van der Waals surface area (Å²) in [7, 11) is 0. The number of para-hydroxylation sites is 1. The van der Waals surface area contributed by atoms with Crippen molar-refractivity contribution in [2.24, 2.45) is 0 Å². The van der Waals surface area contributed by atoms with E-state index in [1.54, 1.807) is 23.1 Å². The van der Waals surface area contributed by atoms with Gasteiger partial charge in [-0.2, -0.15) is 4.98 Å². The summed E-state index contributed by atoms with van der Waals surface area (Å²) in [5, 5.41) is 12.9. The van der Waals surface area contributed by atoms with Crippen LogP contribution >= 0.6 is 23.2 Å². The van der Waals surface area contributed by atoms with Crippen molar-refractivity contribution in [1.82, 2.24) is 14.9 Å². The average molecular weight is 543 g/mol. The summed E-state index contributed by atoms with van der Waals surface area (Å²) >= 11 is 12.5. The first-order chi connectivity index (χ1) is 17.9. The van der Waals surface area contributed by atoms with Crippen LogP contribution in [-0.4, -0.2) is 71.3 Å². The van der Waals surface area contributed by atoms with Gasteiger partial charge in [-0.05, 0) is 42.8 Å². The molecule has 2 N–H and O–H groups in total. The van der Waals surface area contributed by atoms with Crippen LogP contribution in [-0.2, 0) is 4.79 Å². The molecule has 0 unspecified atom stereocenters. The van der Waals surface area contributed by atoms with Crippen LogP contribution in [0.2, 0.25) is 10.0 Å². The van der Waals surface area contributed by atoms with Gasteiger partial charge >= 0.3 is 0 Å². The highest BCUT2D eigenvalue weighted by molar-refractivity contribution is 6.40. The Balaban J connectivity index is 1.26. The molecule has 0 bridgehead atoms. The fraction of sp³-hybridized carbons (Fsp3) is 0.280. The minimum atomic E-state index is -0.460. The summed E-state index contributed by atoms with van der Waals surface area (Å²) in [5.41, 5.74) is 2.38. The van der Waals surface area contributed by atoms with Crippen LogP contribution in [0.25, 0.3) is 0 Å². The number of fused-ring (bicyclic) bond motifs is 1. The van der Waals surface area contributed by atoms with E-state index in [9.17, 15) is 9.59 Å². The van der Waals surface area contributed by atoms with Crippen LogP contribution in [0.1, 0.15) is 16.8 Å².